The molecule has 1 unspecified atom stereocenters. The summed E-state index contributed by atoms with van der Waals surface area (Å²) in [7, 11) is -4.15. The van der Waals surface area contributed by atoms with Crippen molar-refractivity contribution in [3.63, 3.8) is 0 Å². The minimum atomic E-state index is -4.15. The van der Waals surface area contributed by atoms with Crippen molar-refractivity contribution in [2.24, 2.45) is 0 Å². The second-order valence-electron chi connectivity index (χ2n) is 9.28. The van der Waals surface area contributed by atoms with Gasteiger partial charge in [-0.2, -0.15) is 0 Å². The van der Waals surface area contributed by atoms with Crippen LogP contribution >= 0.6 is 39.1 Å². The third-order valence-electron chi connectivity index (χ3n) is 6.27. The molecule has 1 atom stereocenters. The smallest absolute Gasteiger partial charge is 0.264 e. The Bertz CT molecular complexity index is 1450. The number of carbonyl (C=O) groups is 2. The quantitative estimate of drug-likeness (QED) is 0.236. The molecular formula is C29H32BrCl2N3O4S. The van der Waals surface area contributed by atoms with E-state index in [1.165, 1.54) is 17.0 Å². The molecular weight excluding hydrogens is 637 g/mol. The monoisotopic (exact) mass is 667 g/mol. The summed E-state index contributed by atoms with van der Waals surface area (Å²) in [6, 6.07) is 17.2. The van der Waals surface area contributed by atoms with Gasteiger partial charge < -0.3 is 10.2 Å². The molecule has 0 heterocycles. The summed E-state index contributed by atoms with van der Waals surface area (Å²) >= 11 is 15.9. The lowest BCUT2D eigenvalue weighted by Crippen LogP contribution is -2.52. The van der Waals surface area contributed by atoms with E-state index in [9.17, 15) is 18.0 Å². The second-order valence-corrected chi connectivity index (χ2v) is 12.9. The first-order chi connectivity index (χ1) is 19.0. The zero-order valence-corrected chi connectivity index (χ0v) is 26.4. The largest absolute Gasteiger partial charge is 0.354 e. The molecule has 0 aliphatic rings. The molecule has 0 bridgehead atoms. The van der Waals surface area contributed by atoms with Crippen molar-refractivity contribution in [1.82, 2.24) is 10.2 Å². The first-order valence-electron chi connectivity index (χ1n) is 12.8. The highest BCUT2D eigenvalue weighted by molar-refractivity contribution is 9.10. The Labute approximate surface area is 254 Å². The van der Waals surface area contributed by atoms with Crippen molar-refractivity contribution in [3.05, 3.63) is 92.4 Å². The predicted molar refractivity (Wildman–Crippen MR) is 164 cm³/mol. The molecule has 0 saturated heterocycles. The van der Waals surface area contributed by atoms with Crippen LogP contribution < -0.4 is 9.62 Å². The lowest BCUT2D eigenvalue weighted by atomic mass is 10.1. The van der Waals surface area contributed by atoms with Crippen LogP contribution in [0.3, 0.4) is 0 Å². The molecule has 7 nitrogen and oxygen atoms in total. The van der Waals surface area contributed by atoms with E-state index < -0.39 is 28.5 Å². The van der Waals surface area contributed by atoms with Gasteiger partial charge in [0.1, 0.15) is 12.6 Å². The summed E-state index contributed by atoms with van der Waals surface area (Å²) in [5, 5.41) is 3.63. The first-order valence-corrected chi connectivity index (χ1v) is 15.8. The van der Waals surface area contributed by atoms with Crippen LogP contribution in [-0.2, 0) is 26.2 Å². The molecule has 40 heavy (non-hydrogen) atoms. The van der Waals surface area contributed by atoms with Crippen molar-refractivity contribution >= 4 is 66.7 Å². The van der Waals surface area contributed by atoms with Gasteiger partial charge >= 0.3 is 0 Å². The number of nitrogens with one attached hydrogen (secondary N) is 1. The Morgan fingerprint density at radius 3 is 2.30 bits per heavy atom. The average molecular weight is 669 g/mol. The van der Waals surface area contributed by atoms with Gasteiger partial charge in [-0.3, -0.25) is 13.9 Å². The fourth-order valence-corrected chi connectivity index (χ4v) is 6.38. The van der Waals surface area contributed by atoms with Gasteiger partial charge in [-0.15, -0.1) is 0 Å². The molecule has 0 fully saturated rings. The minimum absolute atomic E-state index is 0.0101. The van der Waals surface area contributed by atoms with Crippen LogP contribution in [0.15, 0.2) is 76.1 Å². The number of hydrogen-bond donors (Lipinski definition) is 1. The van der Waals surface area contributed by atoms with Crippen LogP contribution in [0.2, 0.25) is 10.0 Å². The van der Waals surface area contributed by atoms with E-state index in [0.717, 1.165) is 16.3 Å². The first kappa shape index (κ1) is 31.9. The predicted octanol–water partition coefficient (Wildman–Crippen LogP) is 6.59. The van der Waals surface area contributed by atoms with E-state index in [4.69, 9.17) is 23.2 Å². The molecule has 0 spiro atoms. The van der Waals surface area contributed by atoms with Crippen molar-refractivity contribution in [2.75, 3.05) is 17.4 Å². The van der Waals surface area contributed by atoms with Gasteiger partial charge in [0, 0.05) is 27.6 Å². The van der Waals surface area contributed by atoms with Crippen molar-refractivity contribution in [2.45, 2.75) is 51.1 Å². The molecule has 0 aromatic heterocycles. The zero-order chi connectivity index (χ0) is 29.4. The van der Waals surface area contributed by atoms with Gasteiger partial charge in [0.05, 0.1) is 10.6 Å². The molecule has 0 aliphatic carbocycles. The molecule has 0 saturated carbocycles. The number of rotatable bonds is 12. The Kier molecular flexibility index (Phi) is 11.5. The minimum Gasteiger partial charge on any atom is -0.354 e. The molecule has 11 heteroatoms. The fraction of sp³-hybridized carbons (Fsp3) is 0.310. The van der Waals surface area contributed by atoms with E-state index in [-0.39, 0.29) is 17.3 Å². The van der Waals surface area contributed by atoms with Crippen LogP contribution in [-0.4, -0.2) is 44.3 Å². The molecule has 1 N–H and O–H groups in total. The molecule has 2 amide bonds. The number of aryl methyl sites for hydroxylation is 1. The number of hydrogen-bond acceptors (Lipinski definition) is 4. The third kappa shape index (κ3) is 8.00. The number of nitrogens with zero attached hydrogens (tertiary/aromatic N) is 2. The van der Waals surface area contributed by atoms with Crippen LogP contribution in [0, 0.1) is 6.92 Å². The van der Waals surface area contributed by atoms with Crippen molar-refractivity contribution < 1.29 is 18.0 Å². The zero-order valence-electron chi connectivity index (χ0n) is 22.5. The Balaban J connectivity index is 2.07. The molecule has 0 aliphatic heterocycles. The van der Waals surface area contributed by atoms with Crippen LogP contribution in [0.5, 0.6) is 0 Å². The Morgan fingerprint density at radius 1 is 1.00 bits per heavy atom. The summed E-state index contributed by atoms with van der Waals surface area (Å²) in [5.41, 5.74) is 1.78. The maximum atomic E-state index is 14.1. The van der Waals surface area contributed by atoms with E-state index in [1.54, 1.807) is 61.5 Å². The summed E-state index contributed by atoms with van der Waals surface area (Å²) < 4.78 is 29.5. The number of amides is 2. The highest BCUT2D eigenvalue weighted by Crippen LogP contribution is 2.28. The number of halogens is 3. The van der Waals surface area contributed by atoms with Gasteiger partial charge in [-0.05, 0) is 67.8 Å². The SMILES string of the molecule is CCCNC(=O)C(CC)N(Cc1ccc(Cl)cc1Cl)C(=O)CN(c1cccc(Br)c1)S(=O)(=O)c1ccc(C)cc1. The number of benzene rings is 3. The molecule has 214 valence electrons. The van der Waals surface area contributed by atoms with Gasteiger partial charge in [0.25, 0.3) is 10.0 Å². The number of sulfonamides is 1. The van der Waals surface area contributed by atoms with E-state index >= 15 is 0 Å². The van der Waals surface area contributed by atoms with Crippen LogP contribution in [0.4, 0.5) is 5.69 Å². The maximum absolute atomic E-state index is 14.1. The van der Waals surface area contributed by atoms with Crippen LogP contribution in [0.25, 0.3) is 0 Å². The maximum Gasteiger partial charge on any atom is 0.264 e. The summed E-state index contributed by atoms with van der Waals surface area (Å²) in [6.07, 6.45) is 1.04. The second kappa shape index (κ2) is 14.3. The van der Waals surface area contributed by atoms with E-state index in [0.29, 0.717) is 38.7 Å². The van der Waals surface area contributed by atoms with Crippen molar-refractivity contribution in [3.8, 4) is 0 Å². The van der Waals surface area contributed by atoms with Gasteiger partial charge in [0.15, 0.2) is 0 Å². The molecule has 3 rings (SSSR count). The van der Waals surface area contributed by atoms with E-state index in [2.05, 4.69) is 21.2 Å². The van der Waals surface area contributed by atoms with E-state index in [1.807, 2.05) is 13.8 Å². The number of carbonyl (C=O) groups excluding carboxylic acids is 2. The van der Waals surface area contributed by atoms with Crippen LogP contribution in [0.1, 0.15) is 37.8 Å². The standard InChI is InChI=1S/C29H32BrCl2N3O4S/c1-4-15-33-29(37)27(5-2)34(18-21-11-12-23(31)17-26(21)32)28(36)19-35(24-8-6-7-22(30)16-24)40(38,39)25-13-9-20(3)10-14-25/h6-14,16-17,27H,4-5,15,18-19H2,1-3H3,(H,33,37). The molecule has 3 aromatic rings. The normalized spacial score (nSPS) is 12.1. The Hall–Kier alpha value is -2.59. The lowest BCUT2D eigenvalue weighted by molar-refractivity contribution is -0.140. The topological polar surface area (TPSA) is 86.8 Å². The highest BCUT2D eigenvalue weighted by Gasteiger charge is 2.34. The summed E-state index contributed by atoms with van der Waals surface area (Å²) in [4.78, 5) is 28.7. The van der Waals surface area contributed by atoms with Gasteiger partial charge in [-0.1, -0.05) is 82.8 Å². The Morgan fingerprint density at radius 2 is 1.70 bits per heavy atom. The molecule has 3 aromatic carbocycles. The van der Waals surface area contributed by atoms with Crippen molar-refractivity contribution in [1.29, 1.82) is 0 Å². The highest BCUT2D eigenvalue weighted by atomic mass is 79.9. The summed E-state index contributed by atoms with van der Waals surface area (Å²) in [5.74, 6) is -0.877. The summed E-state index contributed by atoms with van der Waals surface area (Å²) in [6.45, 7) is 5.50. The lowest BCUT2D eigenvalue weighted by Gasteiger charge is -2.33. The fourth-order valence-electron chi connectivity index (χ4n) is 4.12. The molecule has 0 radical (unpaired) electrons. The van der Waals surface area contributed by atoms with Gasteiger partial charge in [-0.25, -0.2) is 8.42 Å². The average Bonchev–Trinajstić information content (AvgIpc) is 2.91. The third-order valence-corrected chi connectivity index (χ3v) is 9.14. The van der Waals surface area contributed by atoms with Gasteiger partial charge in [0.2, 0.25) is 11.8 Å². The number of anilines is 1.